The van der Waals surface area contributed by atoms with Gasteiger partial charge in [0.2, 0.25) is 0 Å². The smallest absolute Gasteiger partial charge is 0.308 e. The molecule has 0 spiro atoms. The summed E-state index contributed by atoms with van der Waals surface area (Å²) in [5.41, 5.74) is 3.16. The van der Waals surface area contributed by atoms with E-state index in [4.69, 9.17) is 0 Å². The van der Waals surface area contributed by atoms with Gasteiger partial charge >= 0.3 is 6.03 Å². The topological polar surface area (TPSA) is 97.2 Å². The summed E-state index contributed by atoms with van der Waals surface area (Å²) in [7, 11) is 0. The van der Waals surface area contributed by atoms with E-state index >= 15 is 0 Å². The molecule has 7 nitrogen and oxygen atoms in total. The van der Waals surface area contributed by atoms with Crippen molar-refractivity contribution in [1.82, 2.24) is 4.98 Å². The van der Waals surface area contributed by atoms with Crippen LogP contribution in [0.5, 0.6) is 0 Å². The number of rotatable bonds is 5. The predicted molar refractivity (Wildman–Crippen MR) is 119 cm³/mol. The minimum absolute atomic E-state index is 0.0408. The van der Waals surface area contributed by atoms with E-state index in [1.165, 1.54) is 35.6 Å². The molecule has 1 aromatic heterocycles. The third-order valence-corrected chi connectivity index (χ3v) is 5.29. The lowest BCUT2D eigenvalue weighted by Gasteiger charge is -2.04. The molecule has 4 aromatic rings. The third-order valence-electron chi connectivity index (χ3n) is 4.27. The van der Waals surface area contributed by atoms with Crippen molar-refractivity contribution < 1.29 is 9.72 Å². The maximum atomic E-state index is 12.4. The van der Waals surface area contributed by atoms with Gasteiger partial charge in [-0.2, -0.15) is 0 Å². The molecular weight excluding hydrogens is 400 g/mol. The van der Waals surface area contributed by atoms with Gasteiger partial charge < -0.3 is 5.32 Å². The van der Waals surface area contributed by atoms with Crippen LogP contribution >= 0.6 is 11.3 Å². The van der Waals surface area contributed by atoms with Crippen LogP contribution in [0.1, 0.15) is 0 Å². The molecule has 0 saturated carbocycles. The van der Waals surface area contributed by atoms with Gasteiger partial charge in [-0.05, 0) is 17.7 Å². The lowest BCUT2D eigenvalue weighted by atomic mass is 10.1. The highest BCUT2D eigenvalue weighted by atomic mass is 32.1. The van der Waals surface area contributed by atoms with E-state index in [0.717, 1.165) is 21.7 Å². The van der Waals surface area contributed by atoms with E-state index in [-0.39, 0.29) is 5.69 Å². The molecule has 0 radical (unpaired) electrons. The van der Waals surface area contributed by atoms with Crippen molar-refractivity contribution in [2.75, 3.05) is 10.6 Å². The summed E-state index contributed by atoms with van der Waals surface area (Å²) in [5.74, 6) is 0. The number of carbonyl (C=O) groups is 1. The Hall–Kier alpha value is -4.04. The Morgan fingerprint density at radius 3 is 2.03 bits per heavy atom. The van der Waals surface area contributed by atoms with Crippen LogP contribution in [0.2, 0.25) is 0 Å². The van der Waals surface area contributed by atoms with E-state index in [9.17, 15) is 14.9 Å². The lowest BCUT2D eigenvalue weighted by molar-refractivity contribution is -0.384. The second-order valence-electron chi connectivity index (χ2n) is 6.31. The van der Waals surface area contributed by atoms with E-state index in [1.807, 2.05) is 60.7 Å². The van der Waals surface area contributed by atoms with Crippen molar-refractivity contribution in [3.05, 3.63) is 95.0 Å². The summed E-state index contributed by atoms with van der Waals surface area (Å²) in [5, 5.41) is 16.6. The summed E-state index contributed by atoms with van der Waals surface area (Å²) >= 11 is 1.38. The molecule has 0 aliphatic rings. The molecule has 2 amide bonds. The highest BCUT2D eigenvalue weighted by Crippen LogP contribution is 2.38. The number of urea groups is 1. The number of carbonyl (C=O) groups excluding carboxylic acids is 1. The minimum Gasteiger partial charge on any atom is -0.308 e. The molecule has 0 atom stereocenters. The SMILES string of the molecule is O=C(Nc1ccc([N+](=O)[O-])cc1)Nc1nc(-c2ccccc2)c(-c2ccccc2)s1. The molecule has 0 bridgehead atoms. The number of thiazole rings is 1. The second kappa shape index (κ2) is 8.54. The number of anilines is 2. The van der Waals surface area contributed by atoms with E-state index in [0.29, 0.717) is 10.8 Å². The number of benzene rings is 3. The molecule has 0 saturated heterocycles. The van der Waals surface area contributed by atoms with Crippen LogP contribution in [0.3, 0.4) is 0 Å². The molecule has 0 unspecified atom stereocenters. The Balaban J connectivity index is 1.57. The summed E-state index contributed by atoms with van der Waals surface area (Å²) in [4.78, 5) is 28.2. The fraction of sp³-hybridized carbons (Fsp3) is 0. The molecule has 8 heteroatoms. The van der Waals surface area contributed by atoms with Gasteiger partial charge in [0.1, 0.15) is 0 Å². The van der Waals surface area contributed by atoms with E-state index in [1.54, 1.807) is 0 Å². The van der Waals surface area contributed by atoms with Gasteiger partial charge in [0, 0.05) is 23.4 Å². The van der Waals surface area contributed by atoms with Gasteiger partial charge in [0.05, 0.1) is 15.5 Å². The maximum Gasteiger partial charge on any atom is 0.325 e. The quantitative estimate of drug-likeness (QED) is 0.307. The van der Waals surface area contributed by atoms with E-state index < -0.39 is 11.0 Å². The zero-order chi connectivity index (χ0) is 20.9. The van der Waals surface area contributed by atoms with Gasteiger partial charge in [0.15, 0.2) is 5.13 Å². The maximum absolute atomic E-state index is 12.4. The van der Waals surface area contributed by atoms with Gasteiger partial charge in [0.25, 0.3) is 5.69 Å². The first-order valence-electron chi connectivity index (χ1n) is 9.04. The third kappa shape index (κ3) is 4.34. The first-order chi connectivity index (χ1) is 14.6. The van der Waals surface area contributed by atoms with Crippen LogP contribution in [0.4, 0.5) is 21.3 Å². The van der Waals surface area contributed by atoms with Crippen molar-refractivity contribution in [2.24, 2.45) is 0 Å². The second-order valence-corrected chi connectivity index (χ2v) is 7.31. The molecule has 3 aromatic carbocycles. The summed E-state index contributed by atoms with van der Waals surface area (Å²) in [6, 6.07) is 24.8. The van der Waals surface area contributed by atoms with Gasteiger partial charge in [-0.3, -0.25) is 15.4 Å². The Kier molecular flexibility index (Phi) is 5.49. The van der Waals surface area contributed by atoms with Crippen molar-refractivity contribution >= 4 is 33.9 Å². The van der Waals surface area contributed by atoms with E-state index in [2.05, 4.69) is 15.6 Å². The summed E-state index contributed by atoms with van der Waals surface area (Å²) in [6.07, 6.45) is 0. The molecular formula is C22H16N4O3S. The van der Waals surface area contributed by atoms with Gasteiger partial charge in [-0.15, -0.1) is 0 Å². The zero-order valence-corrected chi connectivity index (χ0v) is 16.4. The first-order valence-corrected chi connectivity index (χ1v) is 9.86. The molecule has 1 heterocycles. The van der Waals surface area contributed by atoms with Crippen molar-refractivity contribution in [3.63, 3.8) is 0 Å². The monoisotopic (exact) mass is 416 g/mol. The van der Waals surface area contributed by atoms with Crippen LogP contribution in [-0.2, 0) is 0 Å². The minimum atomic E-state index is -0.490. The van der Waals surface area contributed by atoms with Crippen LogP contribution in [0.25, 0.3) is 21.7 Å². The average Bonchev–Trinajstić information content (AvgIpc) is 3.19. The standard InChI is InChI=1S/C22H16N4O3S/c27-21(23-17-11-13-18(14-12-17)26(28)29)25-22-24-19(15-7-3-1-4-8-15)20(30-22)16-9-5-2-6-10-16/h1-14H,(H2,23,24,25,27). The largest absolute Gasteiger partial charge is 0.325 e. The van der Waals surface area contributed by atoms with Crippen LogP contribution in [0, 0.1) is 10.1 Å². The Bertz CT molecular complexity index is 1120. The fourth-order valence-corrected chi connectivity index (χ4v) is 3.86. The number of non-ortho nitro benzene ring substituents is 1. The lowest BCUT2D eigenvalue weighted by Crippen LogP contribution is -2.19. The molecule has 148 valence electrons. The number of aromatic nitrogens is 1. The number of nitro groups is 1. The van der Waals surface area contributed by atoms with Gasteiger partial charge in [-0.1, -0.05) is 72.0 Å². The van der Waals surface area contributed by atoms with Crippen LogP contribution < -0.4 is 10.6 Å². The summed E-state index contributed by atoms with van der Waals surface area (Å²) < 4.78 is 0. The number of nitro benzene ring substituents is 1. The molecule has 0 aliphatic heterocycles. The Morgan fingerprint density at radius 2 is 1.43 bits per heavy atom. The number of nitrogens with one attached hydrogen (secondary N) is 2. The van der Waals surface area contributed by atoms with Crippen molar-refractivity contribution in [3.8, 4) is 21.7 Å². The molecule has 0 aliphatic carbocycles. The van der Waals surface area contributed by atoms with Crippen molar-refractivity contribution in [2.45, 2.75) is 0 Å². The van der Waals surface area contributed by atoms with Gasteiger partial charge in [-0.25, -0.2) is 9.78 Å². The molecule has 2 N–H and O–H groups in total. The molecule has 4 rings (SSSR count). The fourth-order valence-electron chi connectivity index (χ4n) is 2.88. The normalized spacial score (nSPS) is 10.4. The Labute approximate surface area is 176 Å². The molecule has 0 fully saturated rings. The number of hydrogen-bond donors (Lipinski definition) is 2. The highest BCUT2D eigenvalue weighted by Gasteiger charge is 2.16. The Morgan fingerprint density at radius 1 is 0.833 bits per heavy atom. The predicted octanol–water partition coefficient (Wildman–Crippen LogP) is 6.03. The van der Waals surface area contributed by atoms with Crippen LogP contribution in [0.15, 0.2) is 84.9 Å². The first kappa shape index (κ1) is 19.3. The average molecular weight is 416 g/mol. The van der Waals surface area contributed by atoms with Crippen molar-refractivity contribution in [1.29, 1.82) is 0 Å². The number of nitrogens with zero attached hydrogens (tertiary/aromatic N) is 2. The van der Waals surface area contributed by atoms with Crippen LogP contribution in [-0.4, -0.2) is 15.9 Å². The highest BCUT2D eigenvalue weighted by molar-refractivity contribution is 7.19. The number of amides is 2. The number of hydrogen-bond acceptors (Lipinski definition) is 5. The zero-order valence-electron chi connectivity index (χ0n) is 15.6. The molecule has 30 heavy (non-hydrogen) atoms. The summed E-state index contributed by atoms with van der Waals surface area (Å²) in [6.45, 7) is 0.